The molecule has 1 atom stereocenters. The number of ether oxygens (including phenoxy) is 2. The van der Waals surface area contributed by atoms with Crippen LogP contribution in [0.4, 0.5) is 10.5 Å². The monoisotopic (exact) mass is 309 g/mol. The van der Waals surface area contributed by atoms with Crippen molar-refractivity contribution < 1.29 is 23.9 Å². The van der Waals surface area contributed by atoms with Crippen molar-refractivity contribution in [2.45, 2.75) is 13.0 Å². The average Bonchev–Trinajstić information content (AvgIpc) is 2.52. The molecule has 1 aromatic carbocycles. The van der Waals surface area contributed by atoms with Crippen LogP contribution >= 0.6 is 0 Å². The highest BCUT2D eigenvalue weighted by Gasteiger charge is 2.15. The number of carbonyl (C=O) groups excluding carboxylic acids is 3. The first-order valence-corrected chi connectivity index (χ1v) is 6.63. The second-order valence-corrected chi connectivity index (χ2v) is 4.27. The highest BCUT2D eigenvalue weighted by atomic mass is 16.5. The summed E-state index contributed by atoms with van der Waals surface area (Å²) in [5.41, 5.74) is 6.23. The predicted octanol–water partition coefficient (Wildman–Crippen LogP) is 0.485. The number of methoxy groups -OCH3 is 1. The molecule has 0 saturated carbocycles. The van der Waals surface area contributed by atoms with Gasteiger partial charge in [-0.1, -0.05) is 6.07 Å². The van der Waals surface area contributed by atoms with Crippen LogP contribution < -0.4 is 16.4 Å². The van der Waals surface area contributed by atoms with Gasteiger partial charge < -0.3 is 25.8 Å². The molecule has 1 aromatic rings. The quantitative estimate of drug-likeness (QED) is 0.658. The number of carbonyl (C=O) groups is 3. The molecule has 0 heterocycles. The Balaban J connectivity index is 2.56. The van der Waals surface area contributed by atoms with Crippen molar-refractivity contribution in [1.29, 1.82) is 0 Å². The summed E-state index contributed by atoms with van der Waals surface area (Å²) in [5.74, 6) is -1.09. The summed E-state index contributed by atoms with van der Waals surface area (Å²) in [5, 5.41) is 4.95. The summed E-state index contributed by atoms with van der Waals surface area (Å²) in [7, 11) is 1.21. The second-order valence-electron chi connectivity index (χ2n) is 4.27. The molecule has 2 amide bonds. The van der Waals surface area contributed by atoms with Crippen molar-refractivity contribution in [2.75, 3.05) is 25.6 Å². The molecule has 0 aliphatic carbocycles. The first-order chi connectivity index (χ1) is 10.5. The van der Waals surface area contributed by atoms with Gasteiger partial charge in [-0.15, -0.1) is 0 Å². The van der Waals surface area contributed by atoms with E-state index in [4.69, 9.17) is 10.5 Å². The lowest BCUT2D eigenvalue weighted by Gasteiger charge is -2.12. The van der Waals surface area contributed by atoms with E-state index in [9.17, 15) is 14.4 Å². The minimum atomic E-state index is -0.943. The molecule has 0 bridgehead atoms. The van der Waals surface area contributed by atoms with E-state index in [1.54, 1.807) is 25.1 Å². The fourth-order valence-electron chi connectivity index (χ4n) is 1.55. The number of hydrogen-bond acceptors (Lipinski definition) is 6. The first-order valence-electron chi connectivity index (χ1n) is 6.63. The van der Waals surface area contributed by atoms with Gasteiger partial charge in [0.1, 0.15) is 6.04 Å². The molecule has 0 aliphatic rings. The highest BCUT2D eigenvalue weighted by Crippen LogP contribution is 2.11. The van der Waals surface area contributed by atoms with Crippen molar-refractivity contribution in [1.82, 2.24) is 5.32 Å². The van der Waals surface area contributed by atoms with Gasteiger partial charge in [-0.2, -0.15) is 0 Å². The number of rotatable bonds is 6. The van der Waals surface area contributed by atoms with E-state index in [-0.39, 0.29) is 13.2 Å². The Morgan fingerprint density at radius 3 is 2.68 bits per heavy atom. The van der Waals surface area contributed by atoms with Crippen LogP contribution in [0.15, 0.2) is 24.3 Å². The Morgan fingerprint density at radius 1 is 1.32 bits per heavy atom. The van der Waals surface area contributed by atoms with Crippen molar-refractivity contribution in [3.8, 4) is 0 Å². The van der Waals surface area contributed by atoms with Gasteiger partial charge >= 0.3 is 18.0 Å². The Labute approximate surface area is 128 Å². The van der Waals surface area contributed by atoms with Crippen molar-refractivity contribution >= 4 is 23.7 Å². The summed E-state index contributed by atoms with van der Waals surface area (Å²) in [6.07, 6.45) is 0. The fourth-order valence-corrected chi connectivity index (χ4v) is 1.55. The number of amides is 2. The van der Waals surface area contributed by atoms with E-state index >= 15 is 0 Å². The summed E-state index contributed by atoms with van der Waals surface area (Å²) in [6.45, 7) is 1.90. The molecular weight excluding hydrogens is 290 g/mol. The van der Waals surface area contributed by atoms with Crippen LogP contribution in [0.3, 0.4) is 0 Å². The van der Waals surface area contributed by atoms with Gasteiger partial charge in [-0.3, -0.25) is 4.79 Å². The Bertz CT molecular complexity index is 547. The minimum Gasteiger partial charge on any atom is -0.468 e. The van der Waals surface area contributed by atoms with Gasteiger partial charge in [0.25, 0.3) is 0 Å². The molecule has 22 heavy (non-hydrogen) atoms. The highest BCUT2D eigenvalue weighted by molar-refractivity contribution is 5.94. The van der Waals surface area contributed by atoms with E-state index < -0.39 is 24.0 Å². The van der Waals surface area contributed by atoms with E-state index in [2.05, 4.69) is 15.4 Å². The van der Waals surface area contributed by atoms with Crippen LogP contribution in [-0.2, 0) is 14.3 Å². The largest absolute Gasteiger partial charge is 0.468 e. The van der Waals surface area contributed by atoms with E-state index in [1.165, 1.54) is 13.2 Å². The molecule has 0 spiro atoms. The van der Waals surface area contributed by atoms with Crippen LogP contribution in [0, 0.1) is 0 Å². The van der Waals surface area contributed by atoms with E-state index in [1.807, 2.05) is 0 Å². The number of benzene rings is 1. The van der Waals surface area contributed by atoms with Crippen molar-refractivity contribution in [2.24, 2.45) is 5.73 Å². The molecule has 0 aromatic heterocycles. The Morgan fingerprint density at radius 2 is 2.05 bits per heavy atom. The maximum atomic E-state index is 11.7. The predicted molar refractivity (Wildman–Crippen MR) is 79.4 cm³/mol. The molecular formula is C14H19N3O5. The molecule has 8 heteroatoms. The fraction of sp³-hybridized carbons (Fsp3) is 0.357. The summed E-state index contributed by atoms with van der Waals surface area (Å²) in [4.78, 5) is 34.4. The normalized spacial score (nSPS) is 11.2. The van der Waals surface area contributed by atoms with E-state index in [0.29, 0.717) is 11.3 Å². The molecule has 4 N–H and O–H groups in total. The lowest BCUT2D eigenvalue weighted by molar-refractivity contribution is -0.141. The molecule has 0 unspecified atom stereocenters. The Kier molecular flexibility index (Phi) is 6.84. The maximum absolute atomic E-state index is 11.7. The van der Waals surface area contributed by atoms with E-state index in [0.717, 1.165) is 0 Å². The molecule has 0 saturated heterocycles. The lowest BCUT2D eigenvalue weighted by atomic mass is 10.2. The third-order valence-corrected chi connectivity index (χ3v) is 2.62. The van der Waals surface area contributed by atoms with Crippen LogP contribution in [0.25, 0.3) is 0 Å². The van der Waals surface area contributed by atoms with Gasteiger partial charge in [-0.25, -0.2) is 9.59 Å². The third kappa shape index (κ3) is 5.41. The topological polar surface area (TPSA) is 120 Å². The molecule has 1 rings (SSSR count). The lowest BCUT2D eigenvalue weighted by Crippen LogP contribution is -2.44. The van der Waals surface area contributed by atoms with Crippen LogP contribution in [-0.4, -0.2) is 44.3 Å². The smallest absolute Gasteiger partial charge is 0.338 e. The second kappa shape index (κ2) is 8.63. The number of esters is 2. The van der Waals surface area contributed by atoms with Gasteiger partial charge in [0.15, 0.2) is 0 Å². The molecule has 8 nitrogen and oxygen atoms in total. The minimum absolute atomic E-state index is 0.0733. The van der Waals surface area contributed by atoms with Crippen LogP contribution in [0.5, 0.6) is 0 Å². The van der Waals surface area contributed by atoms with Crippen LogP contribution in [0.1, 0.15) is 17.3 Å². The maximum Gasteiger partial charge on any atom is 0.338 e. The number of anilines is 1. The molecule has 0 radical (unpaired) electrons. The summed E-state index contributed by atoms with van der Waals surface area (Å²) < 4.78 is 9.31. The van der Waals surface area contributed by atoms with Gasteiger partial charge in [-0.05, 0) is 25.1 Å². The zero-order valence-corrected chi connectivity index (χ0v) is 12.4. The van der Waals surface area contributed by atoms with Crippen molar-refractivity contribution in [3.63, 3.8) is 0 Å². The van der Waals surface area contributed by atoms with Crippen molar-refractivity contribution in [3.05, 3.63) is 29.8 Å². The van der Waals surface area contributed by atoms with Gasteiger partial charge in [0, 0.05) is 12.2 Å². The number of hydrogen-bond donors (Lipinski definition) is 3. The Hall–Kier alpha value is -2.61. The molecule has 120 valence electrons. The number of urea groups is 1. The van der Waals surface area contributed by atoms with Gasteiger partial charge in [0.2, 0.25) is 0 Å². The molecule has 0 aliphatic heterocycles. The molecule has 0 fully saturated rings. The first kappa shape index (κ1) is 17.4. The zero-order valence-electron chi connectivity index (χ0n) is 12.4. The average molecular weight is 309 g/mol. The van der Waals surface area contributed by atoms with Gasteiger partial charge in [0.05, 0.1) is 19.3 Å². The summed E-state index contributed by atoms with van der Waals surface area (Å²) >= 11 is 0. The SMILES string of the molecule is CCOC(=O)c1cccc(NC(=O)NC[C@H](N)C(=O)OC)c1. The zero-order chi connectivity index (χ0) is 16.5. The standard InChI is InChI=1S/C14H19N3O5/c1-3-22-12(18)9-5-4-6-10(7-9)17-14(20)16-8-11(15)13(19)21-2/h4-7,11H,3,8,15H2,1-2H3,(H2,16,17,20)/t11-/m0/s1. The number of nitrogens with one attached hydrogen (secondary N) is 2. The number of nitrogens with two attached hydrogens (primary N) is 1. The van der Waals surface area contributed by atoms with Crippen LogP contribution in [0.2, 0.25) is 0 Å². The third-order valence-electron chi connectivity index (χ3n) is 2.62. The summed E-state index contributed by atoms with van der Waals surface area (Å²) in [6, 6.07) is 4.79.